The van der Waals surface area contributed by atoms with Crippen molar-refractivity contribution >= 4 is 30.6 Å². The number of hydrogen-bond acceptors (Lipinski definition) is 7. The molecule has 0 saturated heterocycles. The van der Waals surface area contributed by atoms with Gasteiger partial charge in [-0.25, -0.2) is 14.6 Å². The lowest BCUT2D eigenvalue weighted by molar-refractivity contribution is 0.0101. The maximum Gasteiger partial charge on any atom is 0.200 e. The molecule has 3 heterocycles. The Morgan fingerprint density at radius 3 is 2.38 bits per heavy atom. The molecule has 0 saturated carbocycles. The van der Waals surface area contributed by atoms with Crippen LogP contribution in [0.15, 0.2) is 60.8 Å². The highest BCUT2D eigenvalue weighted by Crippen LogP contribution is 2.37. The third-order valence-electron chi connectivity index (χ3n) is 7.87. The average Bonchev–Trinajstić information content (AvgIpc) is 3.34. The fraction of sp³-hybridized carbons (Fsp3) is 0.469. The molecule has 1 aromatic carbocycles. The highest BCUT2D eigenvalue weighted by Gasteiger charge is 2.40. The van der Waals surface area contributed by atoms with Crippen molar-refractivity contribution in [2.24, 2.45) is 0 Å². The summed E-state index contributed by atoms with van der Waals surface area (Å²) in [5, 5.41) is 17.3. The van der Waals surface area contributed by atoms with E-state index < -0.39 is 30.2 Å². The topological polar surface area (TPSA) is 108 Å². The predicted octanol–water partition coefficient (Wildman–Crippen LogP) is 7.00. The summed E-state index contributed by atoms with van der Waals surface area (Å²) in [4.78, 5) is 9.72. The van der Waals surface area contributed by atoms with Gasteiger partial charge in [0.2, 0.25) is 0 Å². The Kier molecular flexibility index (Phi) is 9.37. The summed E-state index contributed by atoms with van der Waals surface area (Å²) in [7, 11) is -1.91. The normalized spacial score (nSPS) is 15.1. The molecule has 3 aromatic heterocycles. The van der Waals surface area contributed by atoms with Crippen LogP contribution in [-0.4, -0.2) is 42.5 Å². The summed E-state index contributed by atoms with van der Waals surface area (Å²) in [6.07, 6.45) is 2.89. The van der Waals surface area contributed by atoms with E-state index in [1.54, 1.807) is 6.07 Å². The SMILES string of the molecule is CCC[C@@](O)(N[S@+]([O-])C(C)(C)C)c1cccc(-c2ccc3cnn(-c4cccc(CO[Si](C)(C)C(C)(C)C)n4)c3c2)n1. The standard InChI is InChI=1S/C32H45N5O3SSi/c1-10-19-32(38,36-41(39)30(2,3)4)28-15-12-14-26(35-28)23-17-18-24-21-33-37(27(24)20-23)29-16-11-13-25(34-29)22-40-42(8,9)31(5,6)7/h11-18,20-21,36,38H,10,19,22H2,1-9H3/t32-,41+/m0/s1. The summed E-state index contributed by atoms with van der Waals surface area (Å²) in [6, 6.07) is 17.5. The van der Waals surface area contributed by atoms with Gasteiger partial charge in [-0.2, -0.15) is 5.10 Å². The molecule has 0 spiro atoms. The van der Waals surface area contributed by atoms with Crippen molar-refractivity contribution in [2.75, 3.05) is 0 Å². The Morgan fingerprint density at radius 2 is 1.71 bits per heavy atom. The molecule has 0 aliphatic rings. The van der Waals surface area contributed by atoms with Gasteiger partial charge in [0.15, 0.2) is 19.9 Å². The van der Waals surface area contributed by atoms with Gasteiger partial charge in [-0.05, 0) is 75.7 Å². The van der Waals surface area contributed by atoms with Crippen molar-refractivity contribution in [1.82, 2.24) is 24.5 Å². The number of benzene rings is 1. The van der Waals surface area contributed by atoms with E-state index in [1.807, 2.05) is 87.1 Å². The maximum absolute atomic E-state index is 12.9. The lowest BCUT2D eigenvalue weighted by atomic mass is 10.0. The molecule has 8 nitrogen and oxygen atoms in total. The zero-order chi connectivity index (χ0) is 30.9. The number of rotatable bonds is 10. The van der Waals surface area contributed by atoms with Crippen LogP contribution in [0.4, 0.5) is 0 Å². The molecular weight excluding hydrogens is 563 g/mol. The van der Waals surface area contributed by atoms with Gasteiger partial charge in [0.25, 0.3) is 0 Å². The molecule has 0 bridgehead atoms. The van der Waals surface area contributed by atoms with E-state index in [0.717, 1.165) is 22.2 Å². The fourth-order valence-electron chi connectivity index (χ4n) is 4.22. The molecule has 0 radical (unpaired) electrons. The average molecular weight is 608 g/mol. The second-order valence-corrected chi connectivity index (χ2v) is 20.1. The van der Waals surface area contributed by atoms with Gasteiger partial charge >= 0.3 is 0 Å². The van der Waals surface area contributed by atoms with Crippen LogP contribution in [0.25, 0.3) is 28.0 Å². The highest BCUT2D eigenvalue weighted by atomic mass is 32.2. The molecule has 10 heteroatoms. The molecule has 0 fully saturated rings. The van der Waals surface area contributed by atoms with Gasteiger partial charge in [0.1, 0.15) is 4.75 Å². The summed E-state index contributed by atoms with van der Waals surface area (Å²) in [6.45, 7) is 19.2. The van der Waals surface area contributed by atoms with Gasteiger partial charge in [-0.3, -0.25) is 0 Å². The monoisotopic (exact) mass is 607 g/mol. The second-order valence-electron chi connectivity index (χ2n) is 13.4. The van der Waals surface area contributed by atoms with Crippen molar-refractivity contribution in [2.45, 2.75) is 96.5 Å². The highest BCUT2D eigenvalue weighted by molar-refractivity contribution is 7.90. The number of aromatic nitrogens is 4. The third kappa shape index (κ3) is 7.12. The van der Waals surface area contributed by atoms with E-state index >= 15 is 0 Å². The molecule has 0 amide bonds. The summed E-state index contributed by atoms with van der Waals surface area (Å²) in [5.74, 6) is 0.714. The first-order valence-electron chi connectivity index (χ1n) is 14.5. The zero-order valence-electron chi connectivity index (χ0n) is 26.4. The Morgan fingerprint density at radius 1 is 1.00 bits per heavy atom. The van der Waals surface area contributed by atoms with Crippen LogP contribution < -0.4 is 4.72 Å². The van der Waals surface area contributed by atoms with Crippen LogP contribution >= 0.6 is 0 Å². The Hall–Kier alpha value is -2.60. The first kappa shape index (κ1) is 32.3. The van der Waals surface area contributed by atoms with Gasteiger partial charge in [0.05, 0.1) is 35.4 Å². The summed E-state index contributed by atoms with van der Waals surface area (Å²) >= 11 is -1.48. The van der Waals surface area contributed by atoms with Gasteiger partial charge in [-0.15, -0.1) is 4.72 Å². The van der Waals surface area contributed by atoms with E-state index in [0.29, 0.717) is 36.7 Å². The molecule has 2 N–H and O–H groups in total. The molecule has 42 heavy (non-hydrogen) atoms. The van der Waals surface area contributed by atoms with Gasteiger partial charge < -0.3 is 14.1 Å². The molecule has 4 aromatic rings. The molecule has 0 aliphatic heterocycles. The lowest BCUT2D eigenvalue weighted by Gasteiger charge is -2.36. The molecule has 4 rings (SSSR count). The third-order valence-corrected chi connectivity index (χ3v) is 14.0. The molecular formula is C32H45N5O3SSi. The largest absolute Gasteiger partial charge is 0.598 e. The van der Waals surface area contributed by atoms with Crippen molar-refractivity contribution in [3.05, 3.63) is 72.2 Å². The smallest absolute Gasteiger partial charge is 0.200 e. The Labute approximate surface area is 254 Å². The zero-order valence-corrected chi connectivity index (χ0v) is 28.2. The fourth-order valence-corrected chi connectivity index (χ4v) is 5.98. The van der Waals surface area contributed by atoms with Crippen molar-refractivity contribution in [3.63, 3.8) is 0 Å². The second kappa shape index (κ2) is 12.2. The number of pyridine rings is 2. The Bertz CT molecular complexity index is 1530. The molecule has 0 aliphatic carbocycles. The minimum atomic E-state index is -1.91. The molecule has 0 unspecified atom stereocenters. The number of nitrogens with zero attached hydrogens (tertiary/aromatic N) is 4. The molecule has 226 valence electrons. The van der Waals surface area contributed by atoms with Gasteiger partial charge in [-0.1, -0.05) is 58.4 Å². The number of aliphatic hydroxyl groups is 1. The van der Waals surface area contributed by atoms with Crippen LogP contribution in [0.3, 0.4) is 0 Å². The van der Waals surface area contributed by atoms with Crippen LogP contribution in [0, 0.1) is 0 Å². The molecule has 2 atom stereocenters. The van der Waals surface area contributed by atoms with E-state index in [4.69, 9.17) is 14.4 Å². The predicted molar refractivity (Wildman–Crippen MR) is 174 cm³/mol. The van der Waals surface area contributed by atoms with Crippen molar-refractivity contribution in [1.29, 1.82) is 0 Å². The first-order chi connectivity index (χ1) is 19.5. The maximum atomic E-state index is 12.9. The van der Waals surface area contributed by atoms with Crippen LogP contribution in [0.5, 0.6) is 0 Å². The number of fused-ring (bicyclic) bond motifs is 1. The van der Waals surface area contributed by atoms with Crippen LogP contribution in [-0.2, 0) is 28.1 Å². The van der Waals surface area contributed by atoms with Crippen LogP contribution in [0.2, 0.25) is 18.1 Å². The van der Waals surface area contributed by atoms with Crippen LogP contribution in [0.1, 0.15) is 72.7 Å². The van der Waals surface area contributed by atoms with E-state index in [-0.39, 0.29) is 5.04 Å². The van der Waals surface area contributed by atoms with E-state index in [2.05, 4.69) is 43.7 Å². The lowest BCUT2D eigenvalue weighted by Crippen LogP contribution is -2.51. The van der Waals surface area contributed by atoms with E-state index in [9.17, 15) is 9.66 Å². The number of nitrogens with one attached hydrogen (secondary N) is 1. The Balaban J connectivity index is 1.66. The van der Waals surface area contributed by atoms with Gasteiger partial charge in [0, 0.05) is 22.3 Å². The first-order valence-corrected chi connectivity index (χ1v) is 18.6. The van der Waals surface area contributed by atoms with Crippen molar-refractivity contribution < 1.29 is 14.1 Å². The summed E-state index contributed by atoms with van der Waals surface area (Å²) < 4.78 is 23.6. The van der Waals surface area contributed by atoms with E-state index in [1.165, 1.54) is 0 Å². The minimum absolute atomic E-state index is 0.122. The van der Waals surface area contributed by atoms with Crippen molar-refractivity contribution in [3.8, 4) is 17.1 Å². The number of hydrogen-bond donors (Lipinski definition) is 2. The summed E-state index contributed by atoms with van der Waals surface area (Å²) in [5.41, 5.74) is 2.24. The quantitative estimate of drug-likeness (QED) is 0.113. The minimum Gasteiger partial charge on any atom is -0.598 e.